The first kappa shape index (κ1) is 16.6. The molecule has 3 unspecified atom stereocenters. The third kappa shape index (κ3) is 5.16. The van der Waals surface area contributed by atoms with E-state index in [0.29, 0.717) is 17.8 Å². The number of benzene rings is 1. The average molecular weight is 313 g/mol. The van der Waals surface area contributed by atoms with Crippen molar-refractivity contribution in [1.82, 2.24) is 5.32 Å². The van der Waals surface area contributed by atoms with Gasteiger partial charge >= 0.3 is 0 Å². The summed E-state index contributed by atoms with van der Waals surface area (Å²) in [5.74, 6) is -0.205. The Kier molecular flexibility index (Phi) is 6.80. The van der Waals surface area contributed by atoms with Gasteiger partial charge in [-0.3, -0.25) is 0 Å². The fourth-order valence-electron chi connectivity index (χ4n) is 2.71. The van der Waals surface area contributed by atoms with Crippen molar-refractivity contribution in [1.29, 1.82) is 0 Å². The van der Waals surface area contributed by atoms with Crippen molar-refractivity contribution in [2.24, 2.45) is 0 Å². The molecule has 1 aliphatic carbocycles. The second-order valence-electron chi connectivity index (χ2n) is 5.47. The number of halogens is 1. The smallest absolute Gasteiger partial charge is 0.165 e. The summed E-state index contributed by atoms with van der Waals surface area (Å²) in [7, 11) is 0. The number of hydrogen-bond acceptors (Lipinski definition) is 4. The number of nitrogens with one attached hydrogen (secondary N) is 1. The van der Waals surface area contributed by atoms with E-state index < -0.39 is 11.9 Å². The molecule has 2 N–H and O–H groups in total. The van der Waals surface area contributed by atoms with Gasteiger partial charge in [0.1, 0.15) is 12.7 Å². The van der Waals surface area contributed by atoms with Crippen LogP contribution in [0.5, 0.6) is 5.75 Å². The highest BCUT2D eigenvalue weighted by Gasteiger charge is 2.24. The maximum absolute atomic E-state index is 13.4. The largest absolute Gasteiger partial charge is 0.488 e. The molecule has 1 aliphatic rings. The van der Waals surface area contributed by atoms with Gasteiger partial charge in [0.2, 0.25) is 0 Å². The Balaban J connectivity index is 1.72. The highest BCUT2D eigenvalue weighted by molar-refractivity contribution is 7.99. The molecule has 1 aromatic carbocycles. The van der Waals surface area contributed by atoms with E-state index in [1.165, 1.54) is 25.3 Å². The van der Waals surface area contributed by atoms with E-state index in [-0.39, 0.29) is 12.4 Å². The Morgan fingerprint density at radius 1 is 1.38 bits per heavy atom. The van der Waals surface area contributed by atoms with Gasteiger partial charge in [0.25, 0.3) is 0 Å². The van der Waals surface area contributed by atoms with Crippen LogP contribution < -0.4 is 10.1 Å². The number of hydrogen-bond donors (Lipinski definition) is 2. The van der Waals surface area contributed by atoms with Crippen molar-refractivity contribution < 1.29 is 14.2 Å². The molecule has 3 nitrogen and oxygen atoms in total. The first-order valence-corrected chi connectivity index (χ1v) is 8.81. The van der Waals surface area contributed by atoms with Crippen LogP contribution in [0.2, 0.25) is 0 Å². The number of thioether (sulfide) groups is 1. The Bertz CT molecular complexity index is 432. The predicted octanol–water partition coefficient (Wildman–Crippen LogP) is 2.83. The molecular formula is C16H24FNO2S. The number of ether oxygens (including phenoxy) is 1. The van der Waals surface area contributed by atoms with Crippen LogP contribution in [0, 0.1) is 5.82 Å². The van der Waals surface area contributed by atoms with Gasteiger partial charge in [-0.25, -0.2) is 4.39 Å². The molecule has 1 aromatic rings. The molecule has 1 fully saturated rings. The lowest BCUT2D eigenvalue weighted by atomic mass is 9.95. The van der Waals surface area contributed by atoms with Crippen LogP contribution in [0.1, 0.15) is 25.7 Å². The van der Waals surface area contributed by atoms with E-state index in [1.807, 2.05) is 11.8 Å². The Labute approximate surface area is 130 Å². The van der Waals surface area contributed by atoms with Gasteiger partial charge in [0, 0.05) is 17.8 Å². The molecule has 3 atom stereocenters. The molecule has 21 heavy (non-hydrogen) atoms. The zero-order valence-electron chi connectivity index (χ0n) is 12.4. The van der Waals surface area contributed by atoms with Gasteiger partial charge in [-0.05, 0) is 31.2 Å². The van der Waals surface area contributed by atoms with Gasteiger partial charge in [-0.15, -0.1) is 0 Å². The van der Waals surface area contributed by atoms with E-state index in [0.717, 1.165) is 6.42 Å². The Morgan fingerprint density at radius 2 is 2.14 bits per heavy atom. The van der Waals surface area contributed by atoms with Crippen LogP contribution in [-0.4, -0.2) is 41.9 Å². The summed E-state index contributed by atoms with van der Waals surface area (Å²) < 4.78 is 18.7. The second kappa shape index (κ2) is 8.61. The minimum atomic E-state index is -0.631. The summed E-state index contributed by atoms with van der Waals surface area (Å²) in [4.78, 5) is 0. The fraction of sp³-hybridized carbons (Fsp3) is 0.625. The average Bonchev–Trinajstić information content (AvgIpc) is 2.52. The topological polar surface area (TPSA) is 41.5 Å². The van der Waals surface area contributed by atoms with Crippen LogP contribution in [0.25, 0.3) is 0 Å². The SMILES string of the molecule is CSC1CCCCC1NCC(O)COc1ccccc1F. The molecule has 0 aromatic heterocycles. The van der Waals surface area contributed by atoms with Crippen molar-refractivity contribution in [3.63, 3.8) is 0 Å². The van der Waals surface area contributed by atoms with Crippen molar-refractivity contribution in [3.8, 4) is 5.75 Å². The molecule has 5 heteroatoms. The normalized spacial score (nSPS) is 23.8. The lowest BCUT2D eigenvalue weighted by molar-refractivity contribution is 0.0999. The molecule has 118 valence electrons. The summed E-state index contributed by atoms with van der Waals surface area (Å²) in [6, 6.07) is 6.71. The van der Waals surface area contributed by atoms with Gasteiger partial charge in [-0.2, -0.15) is 11.8 Å². The van der Waals surface area contributed by atoms with Crippen molar-refractivity contribution in [3.05, 3.63) is 30.1 Å². The first-order chi connectivity index (χ1) is 10.2. The van der Waals surface area contributed by atoms with Crippen LogP contribution in [-0.2, 0) is 0 Å². The number of para-hydroxylation sites is 1. The van der Waals surface area contributed by atoms with Crippen LogP contribution in [0.15, 0.2) is 24.3 Å². The zero-order valence-corrected chi connectivity index (χ0v) is 13.2. The molecule has 0 amide bonds. The Hall–Kier alpha value is -0.780. The monoisotopic (exact) mass is 313 g/mol. The van der Waals surface area contributed by atoms with E-state index in [1.54, 1.807) is 18.2 Å². The number of aliphatic hydroxyl groups excluding tert-OH is 1. The molecular weight excluding hydrogens is 289 g/mol. The van der Waals surface area contributed by atoms with Crippen LogP contribution >= 0.6 is 11.8 Å². The van der Waals surface area contributed by atoms with Gasteiger partial charge in [0.05, 0.1) is 0 Å². The second-order valence-corrected chi connectivity index (χ2v) is 6.55. The third-order valence-electron chi connectivity index (χ3n) is 3.89. The molecule has 0 saturated heterocycles. The van der Waals surface area contributed by atoms with E-state index in [4.69, 9.17) is 4.74 Å². The third-order valence-corrected chi connectivity index (χ3v) is 5.06. The molecule has 0 heterocycles. The highest BCUT2D eigenvalue weighted by atomic mass is 32.2. The minimum absolute atomic E-state index is 0.102. The lowest BCUT2D eigenvalue weighted by Crippen LogP contribution is -2.44. The fourth-order valence-corrected chi connectivity index (χ4v) is 3.67. The first-order valence-electron chi connectivity index (χ1n) is 7.52. The van der Waals surface area contributed by atoms with Crippen LogP contribution in [0.4, 0.5) is 4.39 Å². The van der Waals surface area contributed by atoms with Crippen molar-refractivity contribution in [2.45, 2.75) is 43.1 Å². The number of aliphatic hydroxyl groups is 1. The van der Waals surface area contributed by atoms with E-state index in [9.17, 15) is 9.50 Å². The zero-order chi connectivity index (χ0) is 15.1. The molecule has 1 saturated carbocycles. The summed E-state index contributed by atoms with van der Waals surface area (Å²) in [6.45, 7) is 0.584. The van der Waals surface area contributed by atoms with E-state index >= 15 is 0 Å². The number of rotatable bonds is 7. The minimum Gasteiger partial charge on any atom is -0.488 e. The highest BCUT2D eigenvalue weighted by Crippen LogP contribution is 2.27. The summed E-state index contributed by atoms with van der Waals surface area (Å²) in [5, 5.41) is 14.0. The quantitative estimate of drug-likeness (QED) is 0.812. The van der Waals surface area contributed by atoms with Crippen LogP contribution in [0.3, 0.4) is 0 Å². The van der Waals surface area contributed by atoms with Crippen molar-refractivity contribution >= 4 is 11.8 Å². The summed E-state index contributed by atoms with van der Waals surface area (Å²) in [6.07, 6.45) is 6.45. The van der Waals surface area contributed by atoms with E-state index in [2.05, 4.69) is 11.6 Å². The molecule has 0 spiro atoms. The van der Waals surface area contributed by atoms with Gasteiger partial charge < -0.3 is 15.2 Å². The molecule has 0 bridgehead atoms. The Morgan fingerprint density at radius 3 is 2.90 bits per heavy atom. The summed E-state index contributed by atoms with van der Waals surface area (Å²) >= 11 is 1.89. The molecule has 0 radical (unpaired) electrons. The predicted molar refractivity (Wildman–Crippen MR) is 85.5 cm³/mol. The maximum atomic E-state index is 13.4. The lowest BCUT2D eigenvalue weighted by Gasteiger charge is -2.31. The summed E-state index contributed by atoms with van der Waals surface area (Å²) in [5.41, 5.74) is 0. The van der Waals surface area contributed by atoms with Gasteiger partial charge in [0.15, 0.2) is 11.6 Å². The van der Waals surface area contributed by atoms with Gasteiger partial charge in [-0.1, -0.05) is 25.0 Å². The standard InChI is InChI=1S/C16H24FNO2S/c1-21-16-9-5-3-7-14(16)18-10-12(19)11-20-15-8-4-2-6-13(15)17/h2,4,6,8,12,14,16,18-19H,3,5,7,9-11H2,1H3. The maximum Gasteiger partial charge on any atom is 0.165 e. The van der Waals surface area contributed by atoms with Crippen molar-refractivity contribution in [2.75, 3.05) is 19.4 Å². The molecule has 0 aliphatic heterocycles. The molecule has 2 rings (SSSR count).